The standard InChI is InChI=1S/C53H93NO24/c1-3-5-18-23-53(4-2,29-19-14-12-10-8-6-7-9-11-13-15-20-29)33(58)21-16-17-22-34(59)54-24-25-71-49-41(66)37(62)44(30(26-55)72-49)75-50-42(67)38(63)45(31(27-56)73-50)76-51-43(68)39(64)46(32(28-57)74-51)77-52-40(65)35(60)36(61)47(78-52)48(69)70/h29-32,35-47,49-52,55-57,60-68H,3-28H2,1-2H3,(H,54,59)(H,69,70)/t30?,31?,32?,35?,36-,37?,38?,39?,40?,41?,42?,43?,44-,45+,46+,47?,49-,50+,51-,52+,53?/m0/s1. The van der Waals surface area contributed by atoms with Gasteiger partial charge in [0.05, 0.1) is 26.4 Å². The number of ketones is 1. The van der Waals surface area contributed by atoms with Gasteiger partial charge in [-0.05, 0) is 44.4 Å². The van der Waals surface area contributed by atoms with E-state index in [9.17, 15) is 80.8 Å². The van der Waals surface area contributed by atoms with Crippen LogP contribution in [0.15, 0.2) is 0 Å². The highest BCUT2D eigenvalue weighted by atomic mass is 16.8. The number of carbonyl (C=O) groups excluding carboxylic acids is 2. The van der Waals surface area contributed by atoms with E-state index < -0.39 is 149 Å². The topological polar surface area (TPSA) is 400 Å². The average molecular weight is 1130 g/mol. The van der Waals surface area contributed by atoms with Crippen molar-refractivity contribution in [1.82, 2.24) is 5.32 Å². The summed E-state index contributed by atoms with van der Waals surface area (Å²) in [7, 11) is 0. The highest BCUT2D eigenvalue weighted by Gasteiger charge is 2.56. The van der Waals surface area contributed by atoms with E-state index in [1.165, 1.54) is 51.4 Å². The van der Waals surface area contributed by atoms with Crippen LogP contribution < -0.4 is 5.32 Å². The third-order valence-corrected chi connectivity index (χ3v) is 16.5. The second-order valence-electron chi connectivity index (χ2n) is 21.8. The van der Waals surface area contributed by atoms with Crippen LogP contribution in [0.3, 0.4) is 0 Å². The first kappa shape index (κ1) is 66.6. The molecule has 5 aliphatic rings. The molecular weight excluding hydrogens is 1030 g/mol. The lowest BCUT2D eigenvalue weighted by atomic mass is 9.63. The monoisotopic (exact) mass is 1130 g/mol. The van der Waals surface area contributed by atoms with E-state index in [1.807, 2.05) is 0 Å². The number of aliphatic carboxylic acids is 1. The number of rotatable bonds is 26. The second kappa shape index (κ2) is 33.2. The van der Waals surface area contributed by atoms with Crippen LogP contribution in [0.1, 0.15) is 149 Å². The van der Waals surface area contributed by atoms with E-state index in [-0.39, 0.29) is 30.9 Å². The number of nitrogens with one attached hydrogen (secondary N) is 1. The fraction of sp³-hybridized carbons (Fsp3) is 0.943. The van der Waals surface area contributed by atoms with Gasteiger partial charge in [0, 0.05) is 24.8 Å². The van der Waals surface area contributed by atoms with Crippen molar-refractivity contribution in [3.05, 3.63) is 0 Å². The van der Waals surface area contributed by atoms with Crippen LogP contribution in [-0.4, -0.2) is 240 Å². The second-order valence-corrected chi connectivity index (χ2v) is 21.8. The Balaban J connectivity index is 1.08. The summed E-state index contributed by atoms with van der Waals surface area (Å²) in [5.74, 6) is -1.29. The molecule has 14 N–H and O–H groups in total. The predicted molar refractivity (Wildman–Crippen MR) is 270 cm³/mol. The number of amides is 1. The van der Waals surface area contributed by atoms with Crippen molar-refractivity contribution in [2.45, 2.75) is 272 Å². The number of unbranched alkanes of at least 4 members (excludes halogenated alkanes) is 3. The summed E-state index contributed by atoms with van der Waals surface area (Å²) < 4.78 is 44.5. The zero-order valence-corrected chi connectivity index (χ0v) is 45.3. The lowest BCUT2D eigenvalue weighted by molar-refractivity contribution is -0.387. The summed E-state index contributed by atoms with van der Waals surface area (Å²) in [5.41, 5.74) is -0.339. The molecule has 0 spiro atoms. The molecule has 1 saturated carbocycles. The molecule has 4 saturated heterocycles. The van der Waals surface area contributed by atoms with Gasteiger partial charge in [-0.3, -0.25) is 9.59 Å². The van der Waals surface area contributed by atoms with Crippen LogP contribution >= 0.6 is 0 Å². The maximum atomic E-state index is 14.3. The van der Waals surface area contributed by atoms with Crippen LogP contribution in [0.5, 0.6) is 0 Å². The fourth-order valence-corrected chi connectivity index (χ4v) is 11.7. The van der Waals surface area contributed by atoms with Gasteiger partial charge >= 0.3 is 5.97 Å². The minimum absolute atomic E-state index is 0.00375. The van der Waals surface area contributed by atoms with E-state index in [0.29, 0.717) is 31.0 Å². The highest BCUT2D eigenvalue weighted by Crippen LogP contribution is 2.45. The molecule has 0 aromatic heterocycles. The number of ether oxygens (including phenoxy) is 8. The number of carboxylic acids is 1. The molecule has 0 radical (unpaired) electrons. The third-order valence-electron chi connectivity index (χ3n) is 16.5. The Morgan fingerprint density at radius 1 is 0.513 bits per heavy atom. The molecule has 4 aliphatic heterocycles. The summed E-state index contributed by atoms with van der Waals surface area (Å²) in [6.07, 6.45) is -16.3. The number of carboxylic acid groups (broad SMARTS) is 1. The summed E-state index contributed by atoms with van der Waals surface area (Å²) >= 11 is 0. The first-order chi connectivity index (χ1) is 37.4. The Morgan fingerprint density at radius 2 is 0.936 bits per heavy atom. The number of hydrogen-bond donors (Lipinski definition) is 14. The average Bonchev–Trinajstić information content (AvgIpc) is 3.49. The molecule has 4 heterocycles. The van der Waals surface area contributed by atoms with Gasteiger partial charge in [0.2, 0.25) is 5.91 Å². The number of aliphatic hydroxyl groups is 12. The molecule has 5 rings (SSSR count). The van der Waals surface area contributed by atoms with Gasteiger partial charge in [-0.25, -0.2) is 4.79 Å². The third kappa shape index (κ3) is 17.4. The van der Waals surface area contributed by atoms with Crippen molar-refractivity contribution in [3.63, 3.8) is 0 Å². The van der Waals surface area contributed by atoms with Gasteiger partial charge in [0.25, 0.3) is 0 Å². The number of aliphatic hydroxyl groups excluding tert-OH is 12. The van der Waals surface area contributed by atoms with E-state index in [2.05, 4.69) is 19.2 Å². The van der Waals surface area contributed by atoms with Crippen molar-refractivity contribution in [1.29, 1.82) is 0 Å². The van der Waals surface area contributed by atoms with Crippen molar-refractivity contribution in [2.75, 3.05) is 33.0 Å². The van der Waals surface area contributed by atoms with Crippen molar-refractivity contribution >= 4 is 17.7 Å². The predicted octanol–water partition coefficient (Wildman–Crippen LogP) is -1.10. The molecule has 21 atom stereocenters. The summed E-state index contributed by atoms with van der Waals surface area (Å²) in [5, 5.41) is 140. The molecule has 0 bridgehead atoms. The lowest BCUT2D eigenvalue weighted by Crippen LogP contribution is -2.67. The zero-order chi connectivity index (χ0) is 57.1. The van der Waals surface area contributed by atoms with Gasteiger partial charge in [-0.1, -0.05) is 97.3 Å². The largest absolute Gasteiger partial charge is 0.479 e. The molecular formula is C53H93NO24. The zero-order valence-electron chi connectivity index (χ0n) is 45.3. The van der Waals surface area contributed by atoms with Crippen LogP contribution in [0, 0.1) is 11.3 Å². The van der Waals surface area contributed by atoms with Gasteiger partial charge in [-0.15, -0.1) is 0 Å². The van der Waals surface area contributed by atoms with Crippen molar-refractivity contribution in [2.24, 2.45) is 11.3 Å². The van der Waals surface area contributed by atoms with Gasteiger partial charge < -0.3 is 110 Å². The lowest BCUT2D eigenvalue weighted by Gasteiger charge is -2.49. The van der Waals surface area contributed by atoms with Crippen molar-refractivity contribution in [3.8, 4) is 0 Å². The Kier molecular flexibility index (Phi) is 28.3. The number of hydrogen-bond acceptors (Lipinski definition) is 23. The molecule has 1 aliphatic carbocycles. The summed E-state index contributed by atoms with van der Waals surface area (Å²) in [4.78, 5) is 38.8. The molecule has 78 heavy (non-hydrogen) atoms. The molecule has 454 valence electrons. The first-order valence-electron chi connectivity index (χ1n) is 28.6. The minimum Gasteiger partial charge on any atom is -0.479 e. The Morgan fingerprint density at radius 3 is 1.38 bits per heavy atom. The molecule has 0 aromatic carbocycles. The normalized spacial score (nSPS) is 38.7. The Bertz CT molecular complexity index is 1740. The maximum absolute atomic E-state index is 14.3. The minimum atomic E-state index is -2.12. The van der Waals surface area contributed by atoms with Crippen molar-refractivity contribution < 1.29 is 119 Å². The van der Waals surface area contributed by atoms with E-state index >= 15 is 0 Å². The Hall–Kier alpha value is -2.19. The van der Waals surface area contributed by atoms with Crippen LogP contribution in [0.25, 0.3) is 0 Å². The summed E-state index contributed by atoms with van der Waals surface area (Å²) in [6, 6.07) is 0. The Labute approximate surface area is 456 Å². The molecule has 25 heteroatoms. The number of carbonyl (C=O) groups is 3. The highest BCUT2D eigenvalue weighted by molar-refractivity contribution is 5.85. The molecule has 25 nitrogen and oxygen atoms in total. The van der Waals surface area contributed by atoms with Gasteiger partial charge in [0.15, 0.2) is 31.3 Å². The van der Waals surface area contributed by atoms with Crippen LogP contribution in [0.4, 0.5) is 0 Å². The molecule has 13 unspecified atom stereocenters. The number of Topliss-reactive ketones (excluding diaryl/α,β-unsaturated/α-hetero) is 1. The first-order valence-corrected chi connectivity index (χ1v) is 28.6. The fourth-order valence-electron chi connectivity index (χ4n) is 11.7. The van der Waals surface area contributed by atoms with Gasteiger partial charge in [0.1, 0.15) is 97.3 Å². The quantitative estimate of drug-likeness (QED) is 0.0457. The molecule has 5 fully saturated rings. The molecule has 1 amide bonds. The SMILES string of the molecule is CCCCCC(CC)(C(=O)CCCCC(=O)NCCO[C@H]1OC(CO)[C@H](O[C@H]2OC(CO)[C@@H](O[C@@H]3OC(CO)[C@@H](O[C@@H]4OC(C(=O)O)[C@@H](O)C(O)C4O)C(O)C3O)C(O)C2O)C(O)C1O)C1CCCCCCCCCCCC1. The maximum Gasteiger partial charge on any atom is 0.335 e. The van der Waals surface area contributed by atoms with Crippen LogP contribution in [-0.2, 0) is 52.3 Å². The van der Waals surface area contributed by atoms with E-state index in [0.717, 1.165) is 57.8 Å². The summed E-state index contributed by atoms with van der Waals surface area (Å²) in [6.45, 7) is 1.43. The van der Waals surface area contributed by atoms with E-state index in [4.69, 9.17) is 37.9 Å². The smallest absolute Gasteiger partial charge is 0.335 e. The van der Waals surface area contributed by atoms with Gasteiger partial charge in [-0.2, -0.15) is 0 Å². The molecule has 0 aromatic rings. The van der Waals surface area contributed by atoms with E-state index in [1.54, 1.807) is 0 Å². The van der Waals surface area contributed by atoms with Crippen LogP contribution in [0.2, 0.25) is 0 Å².